The van der Waals surface area contributed by atoms with E-state index in [0.717, 1.165) is 67.1 Å². The highest BCUT2D eigenvalue weighted by atomic mass is 16.5. The molecule has 2 heterocycles. The Morgan fingerprint density at radius 3 is 2.48 bits per heavy atom. The lowest BCUT2D eigenvalue weighted by Crippen LogP contribution is -2.42. The van der Waals surface area contributed by atoms with Crippen molar-refractivity contribution in [1.82, 2.24) is 19.8 Å². The summed E-state index contributed by atoms with van der Waals surface area (Å²) in [7, 11) is 3.25. The number of aromatic nitrogens is 2. The minimum absolute atomic E-state index is 0.0693. The van der Waals surface area contributed by atoms with E-state index in [9.17, 15) is 4.79 Å². The van der Waals surface area contributed by atoms with E-state index in [0.29, 0.717) is 37.1 Å². The van der Waals surface area contributed by atoms with Crippen LogP contribution in [0.5, 0.6) is 17.2 Å². The van der Waals surface area contributed by atoms with Crippen molar-refractivity contribution in [3.8, 4) is 17.2 Å². The molecule has 0 saturated carbocycles. The average Bonchev–Trinajstić information content (AvgIpc) is 3.34. The number of carbonyl (C=O) groups is 1. The molecule has 4 aromatic rings. The van der Waals surface area contributed by atoms with Crippen molar-refractivity contribution in [2.75, 3.05) is 40.4 Å². The van der Waals surface area contributed by atoms with Gasteiger partial charge in [-0.3, -0.25) is 9.69 Å². The molecule has 0 radical (unpaired) electrons. The number of nitrogens with zero attached hydrogens (tertiary/aromatic N) is 3. The summed E-state index contributed by atoms with van der Waals surface area (Å²) in [6, 6.07) is 24.0. The zero-order chi connectivity index (χ0) is 27.7. The molecule has 5 rings (SSSR count). The van der Waals surface area contributed by atoms with E-state index in [1.807, 2.05) is 54.6 Å². The number of ether oxygens (including phenoxy) is 3. The van der Waals surface area contributed by atoms with Crippen molar-refractivity contribution < 1.29 is 19.0 Å². The maximum Gasteiger partial charge on any atom is 0.234 e. The quantitative estimate of drug-likeness (QED) is 0.280. The maximum atomic E-state index is 12.6. The molecule has 1 aliphatic heterocycles. The summed E-state index contributed by atoms with van der Waals surface area (Å²) in [6.45, 7) is 4.18. The number of benzene rings is 3. The first-order valence-electron chi connectivity index (χ1n) is 13.9. The van der Waals surface area contributed by atoms with Gasteiger partial charge in [-0.25, -0.2) is 4.98 Å². The standard InChI is InChI=1S/C32H38N4O4/c1-38-29-13-12-24(20-30(29)39-2)14-17-33-32(37)22-35-18-15-25(16-19-35)21-36-28-11-7-6-10-27(28)34-31(36)23-40-26-8-4-3-5-9-26/h3-13,20,25H,14-19,21-23H2,1-2H3,(H,33,37). The smallest absolute Gasteiger partial charge is 0.234 e. The topological polar surface area (TPSA) is 77.9 Å². The van der Waals surface area contributed by atoms with E-state index >= 15 is 0 Å². The SMILES string of the molecule is COc1ccc(CCNC(=O)CN2CCC(Cn3c(COc4ccccc4)nc4ccccc43)CC2)cc1OC. The van der Waals surface area contributed by atoms with Gasteiger partial charge in [0.1, 0.15) is 18.2 Å². The predicted molar refractivity (Wildman–Crippen MR) is 156 cm³/mol. The number of piperidine rings is 1. The van der Waals surface area contributed by atoms with Gasteiger partial charge in [0.05, 0.1) is 31.8 Å². The molecule has 1 amide bonds. The summed E-state index contributed by atoms with van der Waals surface area (Å²) in [6.07, 6.45) is 2.83. The van der Waals surface area contributed by atoms with Crippen LogP contribution < -0.4 is 19.5 Å². The maximum absolute atomic E-state index is 12.6. The van der Waals surface area contributed by atoms with Crippen LogP contribution in [0.25, 0.3) is 11.0 Å². The molecule has 210 valence electrons. The van der Waals surface area contributed by atoms with E-state index in [2.05, 4.69) is 33.0 Å². The van der Waals surface area contributed by atoms with Crippen molar-refractivity contribution in [2.24, 2.45) is 5.92 Å². The van der Waals surface area contributed by atoms with Crippen molar-refractivity contribution in [1.29, 1.82) is 0 Å². The largest absolute Gasteiger partial charge is 0.493 e. The monoisotopic (exact) mass is 542 g/mol. The number of methoxy groups -OCH3 is 2. The Labute approximate surface area is 235 Å². The Morgan fingerprint density at radius 1 is 0.950 bits per heavy atom. The van der Waals surface area contributed by atoms with Gasteiger partial charge in [-0.2, -0.15) is 0 Å². The van der Waals surface area contributed by atoms with Crippen molar-refractivity contribution in [3.63, 3.8) is 0 Å². The van der Waals surface area contributed by atoms with Gasteiger partial charge >= 0.3 is 0 Å². The second kappa shape index (κ2) is 13.3. The molecule has 40 heavy (non-hydrogen) atoms. The molecule has 0 aliphatic carbocycles. The van der Waals surface area contributed by atoms with E-state index in [1.54, 1.807) is 14.2 Å². The Hall–Kier alpha value is -4.04. The second-order valence-corrected chi connectivity index (χ2v) is 10.2. The summed E-state index contributed by atoms with van der Waals surface area (Å²) >= 11 is 0. The van der Waals surface area contributed by atoms with E-state index in [4.69, 9.17) is 19.2 Å². The molecular formula is C32H38N4O4. The van der Waals surface area contributed by atoms with Crippen LogP contribution in [0.4, 0.5) is 0 Å². The molecule has 8 heteroatoms. The fourth-order valence-corrected chi connectivity index (χ4v) is 5.33. The number of fused-ring (bicyclic) bond motifs is 1. The number of likely N-dealkylation sites (tertiary alicyclic amines) is 1. The van der Waals surface area contributed by atoms with Gasteiger partial charge in [-0.05, 0) is 80.2 Å². The van der Waals surface area contributed by atoms with Crippen LogP contribution in [0.1, 0.15) is 24.2 Å². The first kappa shape index (κ1) is 27.5. The minimum Gasteiger partial charge on any atom is -0.493 e. The zero-order valence-electron chi connectivity index (χ0n) is 23.3. The van der Waals surface area contributed by atoms with Gasteiger partial charge in [0.2, 0.25) is 5.91 Å². The lowest BCUT2D eigenvalue weighted by molar-refractivity contribution is -0.122. The lowest BCUT2D eigenvalue weighted by atomic mass is 9.96. The summed E-state index contributed by atoms with van der Waals surface area (Å²) in [5, 5.41) is 3.07. The number of rotatable bonds is 12. The van der Waals surface area contributed by atoms with Crippen LogP contribution in [0.15, 0.2) is 72.8 Å². The number of nitrogens with one attached hydrogen (secondary N) is 1. The molecular weight excluding hydrogens is 504 g/mol. The van der Waals surface area contributed by atoms with Gasteiger partial charge < -0.3 is 24.1 Å². The molecule has 0 atom stereocenters. The van der Waals surface area contributed by atoms with Crippen LogP contribution in [0.2, 0.25) is 0 Å². The summed E-state index contributed by atoms with van der Waals surface area (Å²) < 4.78 is 19.0. The molecule has 0 unspecified atom stereocenters. The highest BCUT2D eigenvalue weighted by Crippen LogP contribution is 2.28. The molecule has 3 aromatic carbocycles. The first-order valence-corrected chi connectivity index (χ1v) is 13.9. The average molecular weight is 543 g/mol. The van der Waals surface area contributed by atoms with Crippen LogP contribution in [-0.4, -0.2) is 60.8 Å². The highest BCUT2D eigenvalue weighted by Gasteiger charge is 2.23. The Bertz CT molecular complexity index is 1400. The van der Waals surface area contributed by atoms with Gasteiger partial charge in [-0.1, -0.05) is 36.4 Å². The van der Waals surface area contributed by atoms with E-state index < -0.39 is 0 Å². The summed E-state index contributed by atoms with van der Waals surface area (Å²) in [5.74, 6) is 3.79. The van der Waals surface area contributed by atoms with Gasteiger partial charge in [-0.15, -0.1) is 0 Å². The van der Waals surface area contributed by atoms with E-state index in [-0.39, 0.29) is 5.91 Å². The first-order chi connectivity index (χ1) is 19.6. The van der Waals surface area contributed by atoms with Gasteiger partial charge in [0, 0.05) is 13.1 Å². The summed E-state index contributed by atoms with van der Waals surface area (Å²) in [4.78, 5) is 19.8. The Morgan fingerprint density at radius 2 is 1.70 bits per heavy atom. The predicted octanol–water partition coefficient (Wildman–Crippen LogP) is 4.70. The number of hydrogen-bond donors (Lipinski definition) is 1. The highest BCUT2D eigenvalue weighted by molar-refractivity contribution is 5.78. The van der Waals surface area contributed by atoms with Crippen molar-refractivity contribution in [2.45, 2.75) is 32.4 Å². The number of amides is 1. The number of imidazole rings is 1. The molecule has 0 bridgehead atoms. The van der Waals surface area contributed by atoms with Crippen molar-refractivity contribution >= 4 is 16.9 Å². The molecule has 1 N–H and O–H groups in total. The van der Waals surface area contributed by atoms with Crippen LogP contribution >= 0.6 is 0 Å². The Balaban J connectivity index is 1.10. The van der Waals surface area contributed by atoms with Crippen molar-refractivity contribution in [3.05, 3.63) is 84.2 Å². The van der Waals surface area contributed by atoms with Crippen LogP contribution in [0, 0.1) is 5.92 Å². The van der Waals surface area contributed by atoms with Gasteiger partial charge in [0.15, 0.2) is 11.5 Å². The number of carbonyl (C=O) groups excluding carboxylic acids is 1. The fraction of sp³-hybridized carbons (Fsp3) is 0.375. The third kappa shape index (κ3) is 6.93. The number of hydrogen-bond acceptors (Lipinski definition) is 6. The fourth-order valence-electron chi connectivity index (χ4n) is 5.33. The third-order valence-electron chi connectivity index (χ3n) is 7.54. The second-order valence-electron chi connectivity index (χ2n) is 10.2. The van der Waals surface area contributed by atoms with Crippen LogP contribution in [0.3, 0.4) is 0 Å². The molecule has 1 aliphatic rings. The number of para-hydroxylation sites is 3. The molecule has 1 fully saturated rings. The Kier molecular flexibility index (Phi) is 9.18. The molecule has 0 spiro atoms. The van der Waals surface area contributed by atoms with Gasteiger partial charge in [0.25, 0.3) is 0 Å². The molecule has 8 nitrogen and oxygen atoms in total. The lowest BCUT2D eigenvalue weighted by Gasteiger charge is -2.32. The minimum atomic E-state index is 0.0693. The zero-order valence-corrected chi connectivity index (χ0v) is 23.3. The molecule has 1 aromatic heterocycles. The third-order valence-corrected chi connectivity index (χ3v) is 7.54. The van der Waals surface area contributed by atoms with Crippen LogP contribution in [-0.2, 0) is 24.4 Å². The van der Waals surface area contributed by atoms with E-state index in [1.165, 1.54) is 0 Å². The normalized spacial score (nSPS) is 14.2. The molecule has 1 saturated heterocycles. The summed E-state index contributed by atoms with van der Waals surface area (Å²) in [5.41, 5.74) is 3.24.